The third-order valence-corrected chi connectivity index (χ3v) is 23.4. The summed E-state index contributed by atoms with van der Waals surface area (Å²) in [6, 6.07) is 166. The minimum Gasteiger partial charge on any atom is -1.00 e. The summed E-state index contributed by atoms with van der Waals surface area (Å²) in [4.78, 5) is 67.9. The van der Waals surface area contributed by atoms with Crippen LogP contribution in [0.4, 0.5) is 0 Å². The van der Waals surface area contributed by atoms with E-state index in [0.717, 1.165) is 151 Å². The van der Waals surface area contributed by atoms with Crippen molar-refractivity contribution in [1.29, 1.82) is 0 Å². The third kappa shape index (κ3) is 23.4. The van der Waals surface area contributed by atoms with Crippen LogP contribution in [0.5, 0.6) is 0 Å². The molecule has 20 aromatic rings. The Balaban J connectivity index is 0.000000181. The predicted molar refractivity (Wildman–Crippen MR) is 554 cm³/mol. The van der Waals surface area contributed by atoms with Crippen LogP contribution < -0.4 is 21.5 Å². The van der Waals surface area contributed by atoms with Gasteiger partial charge in [-0.3, -0.25) is 19.2 Å². The summed E-state index contributed by atoms with van der Waals surface area (Å²) in [5.41, 5.74) is 31.2. The zero-order valence-corrected chi connectivity index (χ0v) is 76.0. The molecule has 9 heteroatoms. The van der Waals surface area contributed by atoms with Crippen LogP contribution >= 0.6 is 0 Å². The Morgan fingerprint density at radius 1 is 0.184 bits per heavy atom. The Morgan fingerprint density at radius 2 is 0.375 bits per heavy atom. The Labute approximate surface area is 804 Å². The molecule has 0 amide bonds. The highest BCUT2D eigenvalue weighted by Crippen LogP contribution is 2.41. The van der Waals surface area contributed by atoms with Gasteiger partial charge in [0.1, 0.15) is 0 Å². The largest absolute Gasteiger partial charge is 1.00 e. The highest BCUT2D eigenvalue weighted by molar-refractivity contribution is 6.15. The monoisotopic (exact) mass is 1810 g/mol. The third-order valence-electron chi connectivity index (χ3n) is 23.4. The lowest BCUT2D eigenvalue weighted by Gasteiger charge is -2.16. The number of hydrogen-bond acceptors (Lipinski definition) is 7. The van der Waals surface area contributed by atoms with Gasteiger partial charge in [-0.1, -0.05) is 425 Å². The number of benzene rings is 16. The van der Waals surface area contributed by atoms with Gasteiger partial charge < -0.3 is 17.0 Å². The van der Waals surface area contributed by atoms with Crippen molar-refractivity contribution in [2.75, 3.05) is 0 Å². The van der Waals surface area contributed by atoms with Crippen LogP contribution in [0.1, 0.15) is 58.1 Å². The highest BCUT2D eigenvalue weighted by Gasteiger charge is 2.21. The predicted octanol–water partition coefficient (Wildman–Crippen LogP) is 27.8. The van der Waals surface area contributed by atoms with Crippen LogP contribution in [-0.2, 0) is 6.54 Å². The zero-order chi connectivity index (χ0) is 91.7. The highest BCUT2D eigenvalue weighted by atomic mass is 79.9. The summed E-state index contributed by atoms with van der Waals surface area (Å²) in [7, 11) is 0. The minimum absolute atomic E-state index is 0. The molecule has 0 atom stereocenters. The Bertz CT molecular complexity index is 6930. The average Bonchev–Trinajstić information content (AvgIpc) is 0.766. The lowest BCUT2D eigenvalue weighted by Crippen LogP contribution is -3.00. The van der Waals surface area contributed by atoms with E-state index in [4.69, 9.17) is 15.0 Å². The number of pyridine rings is 4. The van der Waals surface area contributed by atoms with Gasteiger partial charge in [0.05, 0.1) is 34.2 Å². The maximum absolute atomic E-state index is 13.0. The number of allylic oxidation sites excluding steroid dienone is 3. The van der Waals surface area contributed by atoms with Gasteiger partial charge >= 0.3 is 0 Å². The summed E-state index contributed by atoms with van der Waals surface area (Å²) in [6.07, 6.45) is 13.3. The molecule has 0 bridgehead atoms. The van der Waals surface area contributed by atoms with Crippen molar-refractivity contribution in [3.63, 3.8) is 0 Å². The second kappa shape index (κ2) is 44.4. The number of halogens is 1. The van der Waals surface area contributed by atoms with Crippen molar-refractivity contribution < 1.29 is 40.7 Å². The van der Waals surface area contributed by atoms with Crippen LogP contribution in [0.2, 0.25) is 0 Å². The molecule has 650 valence electrons. The molecule has 0 spiro atoms. The number of carbonyl (C=O) groups is 4. The SMILES string of the molecule is O=C(/C=C/c1ccccc1)c1cc(C(=O)/C=C/c2ccccc2)cc(C(=O)/C=C/c2ccccc2)c1.O=C(C[n+]1ccccc1)c1ccc(-c2ccccc2)cc1.[Br-].c1ccc(-c2ccc(-c3cc(-c4ccccc4)cc(-c4cc(-c5cc(-c6ccccc6)cc(-c6ccc(-c7ccccc7)cc6)n5)cc(-c5cc(-c6ccccc6)cc(-c6ccc(-c7ccccc7)cc6)n5)c4)n3)cc2)cc1. The first-order chi connectivity index (χ1) is 66.5. The number of Topliss-reactive ketones (excluding diaryl/α,β-unsaturated/α-hetero) is 1. The molecule has 0 N–H and O–H groups in total. The van der Waals surface area contributed by atoms with E-state index in [1.807, 2.05) is 169 Å². The summed E-state index contributed by atoms with van der Waals surface area (Å²) in [6.45, 7) is 0.367. The second-order valence-corrected chi connectivity index (χ2v) is 32.6. The van der Waals surface area contributed by atoms with E-state index in [0.29, 0.717) is 6.54 Å². The van der Waals surface area contributed by atoms with Gasteiger partial charge in [-0.25, -0.2) is 15.0 Å². The molecule has 0 aliphatic heterocycles. The second-order valence-electron chi connectivity index (χ2n) is 32.6. The van der Waals surface area contributed by atoms with Crippen LogP contribution in [0.25, 0.3) is 164 Å². The van der Waals surface area contributed by atoms with Crippen LogP contribution in [-0.4, -0.2) is 38.1 Å². The molecule has 16 aromatic carbocycles. The molecular formula is C127H91BrN4O4. The molecule has 0 saturated carbocycles. The lowest BCUT2D eigenvalue weighted by atomic mass is 9.93. The van der Waals surface area contributed by atoms with Crippen molar-refractivity contribution in [3.05, 3.63) is 561 Å². The maximum atomic E-state index is 13.0. The molecule has 4 heterocycles. The first-order valence-corrected chi connectivity index (χ1v) is 45.0. The van der Waals surface area contributed by atoms with Gasteiger partial charge in [0.25, 0.3) is 0 Å². The molecule has 0 fully saturated rings. The van der Waals surface area contributed by atoms with E-state index in [1.165, 1.54) is 53.1 Å². The van der Waals surface area contributed by atoms with Crippen molar-refractivity contribution in [1.82, 2.24) is 15.0 Å². The molecule has 20 rings (SSSR count). The quantitative estimate of drug-likeness (QED) is 0.0318. The zero-order valence-electron chi connectivity index (χ0n) is 74.4. The number of carbonyl (C=O) groups excluding carboxylic acids is 4. The number of aromatic nitrogens is 4. The number of ketones is 4. The molecular weight excluding hydrogens is 1730 g/mol. The first-order valence-electron chi connectivity index (χ1n) is 45.0. The van der Waals surface area contributed by atoms with Crippen molar-refractivity contribution >= 4 is 41.4 Å². The van der Waals surface area contributed by atoms with E-state index in [9.17, 15) is 19.2 Å². The van der Waals surface area contributed by atoms with Crippen molar-refractivity contribution in [2.45, 2.75) is 6.54 Å². The maximum Gasteiger partial charge on any atom is 0.227 e. The normalized spacial score (nSPS) is 10.9. The van der Waals surface area contributed by atoms with E-state index in [2.05, 4.69) is 322 Å². The molecule has 0 aliphatic rings. The smallest absolute Gasteiger partial charge is 0.227 e. The molecule has 0 radical (unpaired) electrons. The first kappa shape index (κ1) is 90.4. The topological polar surface area (TPSA) is 111 Å². The fourth-order valence-electron chi connectivity index (χ4n) is 16.2. The van der Waals surface area contributed by atoms with Gasteiger partial charge in [-0.15, -0.1) is 0 Å². The lowest BCUT2D eigenvalue weighted by molar-refractivity contribution is -0.683. The van der Waals surface area contributed by atoms with Gasteiger partial charge in [0, 0.05) is 67.8 Å². The van der Waals surface area contributed by atoms with Crippen LogP contribution in [0.3, 0.4) is 0 Å². The Morgan fingerprint density at radius 3 is 0.618 bits per heavy atom. The summed E-state index contributed by atoms with van der Waals surface area (Å²) < 4.78 is 1.88. The minimum atomic E-state index is -0.290. The number of nitrogens with zero attached hydrogens (tertiary/aromatic N) is 4. The Kier molecular flexibility index (Phi) is 29.5. The standard InChI is InChI=1S/C75H51N3.C33H24O3.C19H16NO.BrH/c1-7-19-52(20-8-1)58-31-37-61(38-32-58)70-46-64(55-25-13-4-14-26-55)49-73(76-70)67-43-68(74-50-65(56-27-15-5-16-28-56)47-71(77-74)62-39-33-59(34-40-62)53-21-9-2-10-22-53)45-69(44-67)75-51-66(57-29-17-6-18-30-57)48-72(78-75)63-41-35-60(36-42-63)54-23-11-3-12-24-54;34-31(19-16-25-10-4-1-5-11-25)28-22-29(32(35)20-17-26-12-6-2-7-13-26)24-30(23-28)33(36)21-18-27-14-8-3-9-15-27;21-19(15-20-13-5-2-6-14-20)18-11-9-17(10-12-18)16-7-3-1-4-8-16;/h1-51H;1-24H;1-14H,15H2;1H/q;;+1;/p-1/b;19-16+,20-17+,21-18+;;. The van der Waals surface area contributed by atoms with E-state index >= 15 is 0 Å². The summed E-state index contributed by atoms with van der Waals surface area (Å²) in [5.74, 6) is -0.754. The summed E-state index contributed by atoms with van der Waals surface area (Å²) >= 11 is 0. The summed E-state index contributed by atoms with van der Waals surface area (Å²) in [5, 5.41) is 0. The fraction of sp³-hybridized carbons (Fsp3) is 0.00787. The molecule has 4 aromatic heterocycles. The van der Waals surface area contributed by atoms with E-state index in [1.54, 1.807) is 18.2 Å². The van der Waals surface area contributed by atoms with Crippen molar-refractivity contribution in [2.24, 2.45) is 0 Å². The molecule has 8 nitrogen and oxygen atoms in total. The molecule has 0 unspecified atom stereocenters. The Hall–Kier alpha value is -17.5. The van der Waals surface area contributed by atoms with Gasteiger partial charge in [-0.2, -0.15) is 4.57 Å². The molecule has 0 saturated heterocycles. The van der Waals surface area contributed by atoms with E-state index < -0.39 is 0 Å². The van der Waals surface area contributed by atoms with Crippen molar-refractivity contribution in [3.8, 4) is 145 Å². The fourth-order valence-corrected chi connectivity index (χ4v) is 16.2. The van der Waals surface area contributed by atoms with Gasteiger partial charge in [-0.05, 0) is 186 Å². The molecule has 136 heavy (non-hydrogen) atoms. The van der Waals surface area contributed by atoms with Crippen LogP contribution in [0.15, 0.2) is 522 Å². The van der Waals surface area contributed by atoms with Gasteiger partial charge in [0.2, 0.25) is 12.3 Å². The average molecular weight is 1820 g/mol. The number of hydrogen-bond donors (Lipinski definition) is 0. The molecule has 0 aliphatic carbocycles. The van der Waals surface area contributed by atoms with Gasteiger partial charge in [0.15, 0.2) is 29.7 Å². The number of rotatable bonds is 25. The van der Waals surface area contributed by atoms with E-state index in [-0.39, 0.29) is 56.8 Å². The van der Waals surface area contributed by atoms with Crippen LogP contribution in [0, 0.1) is 0 Å².